The number of rotatable bonds is 7. The fraction of sp³-hybridized carbons (Fsp3) is 0.269. The third-order valence-electron chi connectivity index (χ3n) is 6.24. The maximum absolute atomic E-state index is 13.6. The Kier molecular flexibility index (Phi) is 6.88. The van der Waals surface area contributed by atoms with Gasteiger partial charge in [0.1, 0.15) is 5.82 Å². The minimum Gasteiger partial charge on any atom is -0.478 e. The van der Waals surface area contributed by atoms with E-state index in [0.717, 1.165) is 38.4 Å². The molecule has 0 saturated carbocycles. The number of anilines is 2. The number of sulfonamides is 1. The Morgan fingerprint density at radius 1 is 1.06 bits per heavy atom. The number of piperidine rings is 1. The number of aromatic carboxylic acids is 1. The fourth-order valence-electron chi connectivity index (χ4n) is 4.45. The average molecular weight is 483 g/mol. The zero-order valence-corrected chi connectivity index (χ0v) is 19.7. The summed E-state index contributed by atoms with van der Waals surface area (Å²) in [7, 11) is -4.08. The van der Waals surface area contributed by atoms with E-state index in [0.29, 0.717) is 17.2 Å². The summed E-state index contributed by atoms with van der Waals surface area (Å²) >= 11 is 0. The van der Waals surface area contributed by atoms with E-state index in [1.807, 2.05) is 23.1 Å². The second kappa shape index (κ2) is 9.85. The van der Waals surface area contributed by atoms with Crippen LogP contribution in [0.15, 0.2) is 71.6 Å². The summed E-state index contributed by atoms with van der Waals surface area (Å²) in [5.41, 5.74) is 2.40. The van der Waals surface area contributed by atoms with Crippen molar-refractivity contribution in [1.82, 2.24) is 0 Å². The normalized spacial score (nSPS) is 14.7. The van der Waals surface area contributed by atoms with Crippen LogP contribution in [-0.2, 0) is 16.4 Å². The number of benzene rings is 3. The molecule has 0 radical (unpaired) electrons. The lowest BCUT2D eigenvalue weighted by atomic mass is 9.90. The van der Waals surface area contributed by atoms with Crippen LogP contribution in [0.1, 0.15) is 34.3 Å². The molecule has 0 bridgehead atoms. The molecule has 6 nitrogen and oxygen atoms in total. The summed E-state index contributed by atoms with van der Waals surface area (Å²) in [6, 6.07) is 18.4. The maximum atomic E-state index is 13.6. The lowest BCUT2D eigenvalue weighted by Gasteiger charge is -2.34. The highest BCUT2D eigenvalue weighted by Crippen LogP contribution is 2.31. The Labute approximate surface area is 199 Å². The monoisotopic (exact) mass is 482 g/mol. The number of carbonyl (C=O) groups is 1. The molecule has 0 aromatic heterocycles. The first-order valence-electron chi connectivity index (χ1n) is 11.2. The molecule has 34 heavy (non-hydrogen) atoms. The van der Waals surface area contributed by atoms with Gasteiger partial charge in [-0.3, -0.25) is 4.72 Å². The number of hydrogen-bond donors (Lipinski definition) is 2. The third kappa shape index (κ3) is 5.39. The number of halogens is 1. The number of carboxylic acid groups (broad SMARTS) is 1. The first-order chi connectivity index (χ1) is 16.2. The molecule has 0 unspecified atom stereocenters. The molecule has 4 rings (SSSR count). The van der Waals surface area contributed by atoms with Gasteiger partial charge in [0, 0.05) is 18.8 Å². The van der Waals surface area contributed by atoms with Crippen LogP contribution in [0.3, 0.4) is 0 Å². The van der Waals surface area contributed by atoms with Gasteiger partial charge in [0.25, 0.3) is 10.0 Å². The SMILES string of the molecule is Cc1ccc(F)cc1S(=O)(=O)Nc1ccc(N2CCC(Cc3ccccc3)CC2)c(C(=O)O)c1. The van der Waals surface area contributed by atoms with Crippen molar-refractivity contribution in [3.8, 4) is 0 Å². The van der Waals surface area contributed by atoms with Crippen LogP contribution in [0, 0.1) is 18.7 Å². The van der Waals surface area contributed by atoms with Crippen LogP contribution in [-0.4, -0.2) is 32.6 Å². The second-order valence-corrected chi connectivity index (χ2v) is 10.3. The standard InChI is InChI=1S/C26H27FN2O4S/c1-18-7-8-21(27)16-25(18)34(32,33)28-22-9-10-24(23(17-22)26(30)31)29-13-11-20(12-14-29)15-19-5-3-2-4-6-19/h2-10,16-17,20,28H,11-15H2,1H3,(H,30,31). The van der Waals surface area contributed by atoms with E-state index in [1.165, 1.54) is 23.8 Å². The summed E-state index contributed by atoms with van der Waals surface area (Å²) in [5, 5.41) is 9.81. The van der Waals surface area contributed by atoms with Gasteiger partial charge in [-0.15, -0.1) is 0 Å². The van der Waals surface area contributed by atoms with E-state index in [2.05, 4.69) is 16.9 Å². The van der Waals surface area contributed by atoms with Gasteiger partial charge >= 0.3 is 5.97 Å². The molecule has 1 aliphatic heterocycles. The predicted molar refractivity (Wildman–Crippen MR) is 130 cm³/mol. The van der Waals surface area contributed by atoms with Gasteiger partial charge < -0.3 is 10.0 Å². The van der Waals surface area contributed by atoms with E-state index < -0.39 is 21.8 Å². The van der Waals surface area contributed by atoms with Crippen LogP contribution >= 0.6 is 0 Å². The van der Waals surface area contributed by atoms with E-state index >= 15 is 0 Å². The van der Waals surface area contributed by atoms with Crippen molar-refractivity contribution in [2.24, 2.45) is 5.92 Å². The van der Waals surface area contributed by atoms with Crippen LogP contribution in [0.4, 0.5) is 15.8 Å². The highest BCUT2D eigenvalue weighted by Gasteiger charge is 2.24. The van der Waals surface area contributed by atoms with Crippen molar-refractivity contribution >= 4 is 27.4 Å². The Hall–Kier alpha value is -3.39. The van der Waals surface area contributed by atoms with Gasteiger partial charge in [0.15, 0.2) is 0 Å². The second-order valence-electron chi connectivity index (χ2n) is 8.67. The molecule has 178 valence electrons. The summed E-state index contributed by atoms with van der Waals surface area (Å²) in [6.07, 6.45) is 2.89. The van der Waals surface area contributed by atoms with E-state index in [-0.39, 0.29) is 16.1 Å². The zero-order valence-electron chi connectivity index (χ0n) is 18.9. The quantitative estimate of drug-likeness (QED) is 0.490. The lowest BCUT2D eigenvalue weighted by molar-refractivity contribution is 0.0697. The molecule has 1 saturated heterocycles. The summed E-state index contributed by atoms with van der Waals surface area (Å²) in [5.74, 6) is -1.26. The van der Waals surface area contributed by atoms with Crippen LogP contribution in [0.2, 0.25) is 0 Å². The summed E-state index contributed by atoms with van der Waals surface area (Å²) in [6.45, 7) is 3.03. The van der Waals surface area contributed by atoms with Gasteiger partial charge in [-0.25, -0.2) is 17.6 Å². The molecule has 0 amide bonds. The van der Waals surface area contributed by atoms with E-state index in [1.54, 1.807) is 19.1 Å². The number of hydrogen-bond acceptors (Lipinski definition) is 4. The van der Waals surface area contributed by atoms with Crippen LogP contribution < -0.4 is 9.62 Å². The fourth-order valence-corrected chi connectivity index (χ4v) is 5.75. The number of aryl methyl sites for hydroxylation is 1. The highest BCUT2D eigenvalue weighted by atomic mass is 32.2. The van der Waals surface area contributed by atoms with Gasteiger partial charge in [-0.2, -0.15) is 0 Å². The Balaban J connectivity index is 1.50. The topological polar surface area (TPSA) is 86.7 Å². The first-order valence-corrected chi connectivity index (χ1v) is 12.7. The molecule has 1 fully saturated rings. The van der Waals surface area contributed by atoms with Gasteiger partial charge in [-0.05, 0) is 73.6 Å². The largest absolute Gasteiger partial charge is 0.478 e. The molecule has 1 aliphatic rings. The smallest absolute Gasteiger partial charge is 0.337 e. The Morgan fingerprint density at radius 3 is 2.44 bits per heavy atom. The molecular formula is C26H27FN2O4S. The molecule has 3 aromatic carbocycles. The molecule has 3 aromatic rings. The van der Waals surface area contributed by atoms with Crippen LogP contribution in [0.5, 0.6) is 0 Å². The maximum Gasteiger partial charge on any atom is 0.337 e. The highest BCUT2D eigenvalue weighted by molar-refractivity contribution is 7.92. The third-order valence-corrected chi connectivity index (χ3v) is 7.76. The minimum atomic E-state index is -4.08. The van der Waals surface area contributed by atoms with Gasteiger partial charge in [0.05, 0.1) is 16.1 Å². The van der Waals surface area contributed by atoms with Crippen molar-refractivity contribution < 1.29 is 22.7 Å². The van der Waals surface area contributed by atoms with Gasteiger partial charge in [-0.1, -0.05) is 36.4 Å². The molecule has 0 aliphatic carbocycles. The summed E-state index contributed by atoms with van der Waals surface area (Å²) < 4.78 is 41.6. The van der Waals surface area contributed by atoms with Crippen molar-refractivity contribution in [2.75, 3.05) is 22.7 Å². The molecular weight excluding hydrogens is 455 g/mol. The van der Waals surface area contributed by atoms with Crippen molar-refractivity contribution in [2.45, 2.75) is 31.1 Å². The number of carboxylic acids is 1. The van der Waals surface area contributed by atoms with E-state index in [9.17, 15) is 22.7 Å². The predicted octanol–water partition coefficient (Wildman–Crippen LogP) is 5.09. The number of nitrogens with zero attached hydrogens (tertiary/aromatic N) is 1. The lowest BCUT2D eigenvalue weighted by Crippen LogP contribution is -2.35. The number of nitrogens with one attached hydrogen (secondary N) is 1. The summed E-state index contributed by atoms with van der Waals surface area (Å²) in [4.78, 5) is 13.9. The Morgan fingerprint density at radius 2 is 1.76 bits per heavy atom. The van der Waals surface area contributed by atoms with E-state index in [4.69, 9.17) is 0 Å². The molecule has 0 atom stereocenters. The first kappa shape index (κ1) is 23.8. The van der Waals surface area contributed by atoms with Crippen molar-refractivity contribution in [1.29, 1.82) is 0 Å². The Bertz CT molecular complexity index is 1290. The zero-order chi connectivity index (χ0) is 24.3. The molecule has 2 N–H and O–H groups in total. The van der Waals surface area contributed by atoms with Crippen molar-refractivity contribution in [3.05, 3.63) is 89.2 Å². The average Bonchev–Trinajstić information content (AvgIpc) is 2.81. The van der Waals surface area contributed by atoms with Crippen LogP contribution in [0.25, 0.3) is 0 Å². The van der Waals surface area contributed by atoms with Crippen molar-refractivity contribution in [3.63, 3.8) is 0 Å². The molecule has 8 heteroatoms. The molecule has 0 spiro atoms. The molecule has 1 heterocycles. The van der Waals surface area contributed by atoms with Gasteiger partial charge in [0.2, 0.25) is 0 Å². The minimum absolute atomic E-state index is 0.0256.